The van der Waals surface area contributed by atoms with E-state index in [1.807, 2.05) is 12.1 Å². The molecule has 1 nitrogen and oxygen atoms in total. The molecule has 0 bridgehead atoms. The summed E-state index contributed by atoms with van der Waals surface area (Å²) in [4.78, 5) is 0. The summed E-state index contributed by atoms with van der Waals surface area (Å²) < 4.78 is 0. The van der Waals surface area contributed by atoms with Crippen LogP contribution in [0.4, 0.5) is 0 Å². The van der Waals surface area contributed by atoms with Crippen LogP contribution in [-0.2, 0) is 6.42 Å². The molecule has 13 heavy (non-hydrogen) atoms. The van der Waals surface area contributed by atoms with Gasteiger partial charge in [-0.05, 0) is 36.1 Å². The highest BCUT2D eigenvalue weighted by molar-refractivity contribution is 6.42. The first-order chi connectivity index (χ1) is 5.68. The van der Waals surface area contributed by atoms with Crippen molar-refractivity contribution in [3.63, 3.8) is 0 Å². The highest BCUT2D eigenvalue weighted by Gasteiger charge is 2.20. The number of hydrogen-bond acceptors (Lipinski definition) is 1. The third kappa shape index (κ3) is 1.94. The Morgan fingerprint density at radius 3 is 2.54 bits per heavy atom. The molecule has 0 aliphatic heterocycles. The molecule has 0 heterocycles. The fourth-order valence-corrected chi connectivity index (χ4v) is 1.99. The molecule has 1 aliphatic carbocycles. The summed E-state index contributed by atoms with van der Waals surface area (Å²) in [5, 5.41) is 1.23. The van der Waals surface area contributed by atoms with Gasteiger partial charge >= 0.3 is 0 Å². The molecule has 2 N–H and O–H groups in total. The van der Waals surface area contributed by atoms with Gasteiger partial charge in [0.15, 0.2) is 0 Å². The van der Waals surface area contributed by atoms with Gasteiger partial charge in [0, 0.05) is 6.04 Å². The lowest BCUT2D eigenvalue weighted by molar-refractivity contribution is 0.713. The van der Waals surface area contributed by atoms with E-state index in [1.165, 1.54) is 5.56 Å². The summed E-state index contributed by atoms with van der Waals surface area (Å²) in [6.07, 6.45) is 2.03. The third-order valence-corrected chi connectivity index (χ3v) is 3.03. The van der Waals surface area contributed by atoms with Crippen LogP contribution in [0.2, 0.25) is 10.0 Å². The maximum Gasteiger partial charge on any atom is 0.0595 e. The fourth-order valence-electron chi connectivity index (χ4n) is 1.63. The van der Waals surface area contributed by atoms with Crippen LogP contribution in [0.1, 0.15) is 23.6 Å². The summed E-state index contributed by atoms with van der Waals surface area (Å²) in [6, 6.07) is 3.96. The maximum atomic E-state index is 5.87. The lowest BCUT2D eigenvalue weighted by atomic mass is 10.1. The zero-order chi connectivity index (χ0) is 8.72. The first kappa shape index (κ1) is 11.1. The van der Waals surface area contributed by atoms with Gasteiger partial charge in [0.25, 0.3) is 0 Å². The Kier molecular flexibility index (Phi) is 3.47. The number of halogens is 3. The first-order valence-corrected chi connectivity index (χ1v) is 4.67. The molecule has 0 saturated heterocycles. The van der Waals surface area contributed by atoms with Crippen LogP contribution in [0.5, 0.6) is 0 Å². The fraction of sp³-hybridized carbons (Fsp3) is 0.333. The topological polar surface area (TPSA) is 26.0 Å². The second-order valence-electron chi connectivity index (χ2n) is 3.11. The van der Waals surface area contributed by atoms with E-state index in [9.17, 15) is 0 Å². The van der Waals surface area contributed by atoms with E-state index < -0.39 is 0 Å². The Bertz CT molecular complexity index is 325. The number of nitrogens with two attached hydrogens (primary N) is 1. The summed E-state index contributed by atoms with van der Waals surface area (Å²) in [5.41, 5.74) is 8.27. The van der Waals surface area contributed by atoms with E-state index in [2.05, 4.69) is 0 Å². The molecule has 0 fully saturated rings. The van der Waals surface area contributed by atoms with Crippen molar-refractivity contribution in [3.05, 3.63) is 33.3 Å². The van der Waals surface area contributed by atoms with E-state index in [1.54, 1.807) is 0 Å². The van der Waals surface area contributed by atoms with Gasteiger partial charge < -0.3 is 5.73 Å². The van der Waals surface area contributed by atoms with Crippen LogP contribution in [0.25, 0.3) is 0 Å². The normalized spacial score (nSPS) is 19.5. The van der Waals surface area contributed by atoms with Crippen LogP contribution in [0.3, 0.4) is 0 Å². The van der Waals surface area contributed by atoms with Gasteiger partial charge in [-0.15, -0.1) is 12.4 Å². The predicted octanol–water partition coefficient (Wildman–Crippen LogP) is 3.36. The van der Waals surface area contributed by atoms with Gasteiger partial charge in [-0.2, -0.15) is 0 Å². The van der Waals surface area contributed by atoms with Crippen molar-refractivity contribution in [2.24, 2.45) is 5.73 Å². The number of fused-ring (bicyclic) bond motifs is 1. The lowest BCUT2D eigenvalue weighted by Crippen LogP contribution is -2.04. The summed E-state index contributed by atoms with van der Waals surface area (Å²) in [6.45, 7) is 0. The number of rotatable bonds is 0. The van der Waals surface area contributed by atoms with Gasteiger partial charge in [0.05, 0.1) is 10.0 Å². The molecule has 1 atom stereocenters. The van der Waals surface area contributed by atoms with Crippen LogP contribution >= 0.6 is 35.6 Å². The Labute approximate surface area is 93.6 Å². The minimum absolute atomic E-state index is 0. The average molecular weight is 239 g/mol. The average Bonchev–Trinajstić information content (AvgIpc) is 2.35. The highest BCUT2D eigenvalue weighted by atomic mass is 35.5. The van der Waals surface area contributed by atoms with Crippen molar-refractivity contribution in [1.29, 1.82) is 0 Å². The number of aryl methyl sites for hydroxylation is 1. The zero-order valence-corrected chi connectivity index (χ0v) is 9.22. The van der Waals surface area contributed by atoms with Crippen LogP contribution in [0.15, 0.2) is 12.1 Å². The van der Waals surface area contributed by atoms with Crippen LogP contribution < -0.4 is 5.73 Å². The van der Waals surface area contributed by atoms with Crippen molar-refractivity contribution >= 4 is 35.6 Å². The Morgan fingerprint density at radius 1 is 1.23 bits per heavy atom. The van der Waals surface area contributed by atoms with Crippen molar-refractivity contribution in [2.45, 2.75) is 18.9 Å². The molecule has 1 aliphatic rings. The van der Waals surface area contributed by atoms with Gasteiger partial charge in [0.2, 0.25) is 0 Å². The van der Waals surface area contributed by atoms with Crippen LogP contribution in [0, 0.1) is 0 Å². The molecule has 1 unspecified atom stereocenters. The minimum atomic E-state index is 0. The Hall–Kier alpha value is 0.0500. The minimum Gasteiger partial charge on any atom is -0.324 e. The smallest absolute Gasteiger partial charge is 0.0595 e. The molecule has 2 rings (SSSR count). The van der Waals surface area contributed by atoms with Crippen molar-refractivity contribution < 1.29 is 0 Å². The largest absolute Gasteiger partial charge is 0.324 e. The molecular weight excluding hydrogens is 228 g/mol. The maximum absolute atomic E-state index is 5.87. The Balaban J connectivity index is 0.000000845. The van der Waals surface area contributed by atoms with Gasteiger partial charge in [-0.25, -0.2) is 0 Å². The highest BCUT2D eigenvalue weighted by Crippen LogP contribution is 2.35. The molecule has 1 aromatic rings. The standard InChI is InChI=1S/C9H9Cl2N.ClH/c10-7-3-5-1-2-9(12)6(5)4-8(7)11;/h3-4,9H,1-2,12H2;1H. The summed E-state index contributed by atoms with van der Waals surface area (Å²) >= 11 is 11.7. The van der Waals surface area contributed by atoms with Gasteiger partial charge in [0.1, 0.15) is 0 Å². The molecule has 4 heteroatoms. The van der Waals surface area contributed by atoms with Gasteiger partial charge in [-0.3, -0.25) is 0 Å². The third-order valence-electron chi connectivity index (χ3n) is 2.31. The zero-order valence-electron chi connectivity index (χ0n) is 6.89. The SMILES string of the molecule is Cl.NC1CCc2cc(Cl)c(Cl)cc21. The molecule has 0 aromatic heterocycles. The van der Waals surface area contributed by atoms with E-state index >= 15 is 0 Å². The summed E-state index contributed by atoms with van der Waals surface area (Å²) in [5.74, 6) is 0. The monoisotopic (exact) mass is 237 g/mol. The molecule has 0 radical (unpaired) electrons. The molecular formula is C9H10Cl3N. The van der Waals surface area contributed by atoms with E-state index in [4.69, 9.17) is 28.9 Å². The molecule has 0 saturated carbocycles. The second-order valence-corrected chi connectivity index (χ2v) is 3.92. The first-order valence-electron chi connectivity index (χ1n) is 3.92. The predicted molar refractivity (Wildman–Crippen MR) is 59.0 cm³/mol. The van der Waals surface area contributed by atoms with E-state index in [-0.39, 0.29) is 18.4 Å². The van der Waals surface area contributed by atoms with E-state index in [0.29, 0.717) is 10.0 Å². The Morgan fingerprint density at radius 2 is 1.85 bits per heavy atom. The van der Waals surface area contributed by atoms with Crippen molar-refractivity contribution in [2.75, 3.05) is 0 Å². The van der Waals surface area contributed by atoms with Crippen molar-refractivity contribution in [1.82, 2.24) is 0 Å². The molecule has 1 aromatic carbocycles. The van der Waals surface area contributed by atoms with Crippen LogP contribution in [-0.4, -0.2) is 0 Å². The molecule has 0 amide bonds. The number of hydrogen-bond donors (Lipinski definition) is 1. The van der Waals surface area contributed by atoms with Gasteiger partial charge in [-0.1, -0.05) is 23.2 Å². The summed E-state index contributed by atoms with van der Waals surface area (Å²) in [7, 11) is 0. The number of benzene rings is 1. The molecule has 72 valence electrons. The van der Waals surface area contributed by atoms with Crippen molar-refractivity contribution in [3.8, 4) is 0 Å². The quantitative estimate of drug-likeness (QED) is 0.737. The molecule has 0 spiro atoms. The second kappa shape index (κ2) is 4.05. The lowest BCUT2D eigenvalue weighted by Gasteiger charge is -2.05. The van der Waals surface area contributed by atoms with E-state index in [0.717, 1.165) is 18.4 Å².